The van der Waals surface area contributed by atoms with E-state index in [9.17, 15) is 4.79 Å². The third kappa shape index (κ3) is 3.06. The van der Waals surface area contributed by atoms with Crippen molar-refractivity contribution < 1.29 is 4.79 Å². The minimum Gasteiger partial charge on any atom is -0.382 e. The number of carbonyl (C=O) groups excluding carboxylic acids is 1. The second-order valence-corrected chi connectivity index (χ2v) is 6.42. The van der Waals surface area contributed by atoms with E-state index in [0.717, 1.165) is 44.0 Å². The Kier molecular flexibility index (Phi) is 4.86. The number of thiazole rings is 1. The summed E-state index contributed by atoms with van der Waals surface area (Å²) in [6.45, 7) is 6.91. The lowest BCUT2D eigenvalue weighted by Gasteiger charge is -2.15. The zero-order valence-corrected chi connectivity index (χ0v) is 13.4. The van der Waals surface area contributed by atoms with Crippen LogP contribution in [0.15, 0.2) is 0 Å². The Bertz CT molecular complexity index is 474. The monoisotopic (exact) mass is 296 g/mol. The highest BCUT2D eigenvalue weighted by Gasteiger charge is 2.29. The molecule has 2 N–H and O–H groups in total. The number of amides is 1. The summed E-state index contributed by atoms with van der Waals surface area (Å²) in [5.41, 5.74) is 5.94. The Morgan fingerprint density at radius 3 is 2.90 bits per heavy atom. The zero-order valence-electron chi connectivity index (χ0n) is 12.6. The van der Waals surface area contributed by atoms with Gasteiger partial charge in [-0.2, -0.15) is 0 Å². The van der Waals surface area contributed by atoms with Crippen LogP contribution in [-0.2, 0) is 0 Å². The van der Waals surface area contributed by atoms with Crippen molar-refractivity contribution in [3.8, 4) is 0 Å². The Hall–Kier alpha value is -1.30. The Balaban J connectivity index is 2.10. The number of hydrogen-bond donors (Lipinski definition) is 1. The summed E-state index contributed by atoms with van der Waals surface area (Å²) in [4.78, 5) is 21.4. The molecule has 1 aliphatic rings. The van der Waals surface area contributed by atoms with Crippen LogP contribution in [-0.4, -0.2) is 42.5 Å². The Morgan fingerprint density at radius 1 is 1.55 bits per heavy atom. The summed E-state index contributed by atoms with van der Waals surface area (Å²) in [7, 11) is 1.99. The molecule has 1 aromatic rings. The molecule has 0 aromatic carbocycles. The number of likely N-dealkylation sites (tertiary alicyclic amines) is 1. The molecule has 0 bridgehead atoms. The molecular weight excluding hydrogens is 272 g/mol. The number of nitrogen functional groups attached to an aromatic ring is 1. The largest absolute Gasteiger partial charge is 0.382 e. The summed E-state index contributed by atoms with van der Waals surface area (Å²) in [5, 5.41) is 0.832. The summed E-state index contributed by atoms with van der Waals surface area (Å²) in [5.74, 6) is 1.06. The lowest BCUT2D eigenvalue weighted by molar-refractivity contribution is 0.0792. The fraction of sp³-hybridized carbons (Fsp3) is 0.714. The van der Waals surface area contributed by atoms with Gasteiger partial charge >= 0.3 is 0 Å². The molecule has 20 heavy (non-hydrogen) atoms. The van der Waals surface area contributed by atoms with Gasteiger partial charge in [0.25, 0.3) is 5.91 Å². The summed E-state index contributed by atoms with van der Waals surface area (Å²) in [6, 6.07) is 0. The van der Waals surface area contributed by atoms with E-state index >= 15 is 0 Å². The van der Waals surface area contributed by atoms with Crippen molar-refractivity contribution in [2.24, 2.45) is 5.92 Å². The number of nitrogens with zero attached hydrogens (tertiary/aromatic N) is 3. The van der Waals surface area contributed by atoms with Crippen LogP contribution in [0, 0.1) is 5.92 Å². The van der Waals surface area contributed by atoms with Crippen LogP contribution in [0.2, 0.25) is 0 Å². The average Bonchev–Trinajstić information content (AvgIpc) is 3.04. The van der Waals surface area contributed by atoms with E-state index in [-0.39, 0.29) is 5.91 Å². The molecule has 1 aromatic heterocycles. The highest BCUT2D eigenvalue weighted by Crippen LogP contribution is 2.30. The first-order valence-electron chi connectivity index (χ1n) is 7.33. The van der Waals surface area contributed by atoms with E-state index in [2.05, 4.69) is 23.7 Å². The molecule has 1 fully saturated rings. The topological polar surface area (TPSA) is 62.5 Å². The van der Waals surface area contributed by atoms with Gasteiger partial charge < -0.3 is 15.5 Å². The van der Waals surface area contributed by atoms with Gasteiger partial charge in [0.15, 0.2) is 5.13 Å². The first kappa shape index (κ1) is 15.1. The van der Waals surface area contributed by atoms with Crippen molar-refractivity contribution in [2.75, 3.05) is 37.3 Å². The maximum atomic E-state index is 12.5. The standard InChI is InChI=1S/C14H24N4OS/c1-4-7-17(3)14-16-12(15)11(20-14)13(19)18-8-6-10(5-2)9-18/h10H,4-9,15H2,1-3H3. The predicted octanol–water partition coefficient (Wildman–Crippen LogP) is 2.44. The number of hydrogen-bond acceptors (Lipinski definition) is 5. The smallest absolute Gasteiger partial charge is 0.267 e. The van der Waals surface area contributed by atoms with Crippen LogP contribution in [0.3, 0.4) is 0 Å². The van der Waals surface area contributed by atoms with E-state index < -0.39 is 0 Å². The van der Waals surface area contributed by atoms with Crippen molar-refractivity contribution in [3.63, 3.8) is 0 Å². The van der Waals surface area contributed by atoms with Gasteiger partial charge in [-0.1, -0.05) is 31.6 Å². The van der Waals surface area contributed by atoms with Gasteiger partial charge in [0.1, 0.15) is 10.7 Å². The second kappa shape index (κ2) is 6.43. The predicted molar refractivity (Wildman–Crippen MR) is 84.4 cm³/mol. The minimum absolute atomic E-state index is 0.0482. The molecule has 1 amide bonds. The molecular formula is C14H24N4OS. The lowest BCUT2D eigenvalue weighted by Crippen LogP contribution is -2.28. The maximum Gasteiger partial charge on any atom is 0.267 e. The van der Waals surface area contributed by atoms with E-state index in [1.807, 2.05) is 11.9 Å². The Labute approximate surface area is 124 Å². The molecule has 6 heteroatoms. The van der Waals surface area contributed by atoms with Crippen molar-refractivity contribution >= 4 is 28.2 Å². The molecule has 0 aliphatic carbocycles. The van der Waals surface area contributed by atoms with Crippen molar-refractivity contribution in [3.05, 3.63) is 4.88 Å². The fourth-order valence-corrected chi connectivity index (χ4v) is 3.50. The molecule has 2 heterocycles. The number of carbonyl (C=O) groups is 1. The molecule has 1 unspecified atom stereocenters. The fourth-order valence-electron chi connectivity index (χ4n) is 2.56. The molecule has 0 radical (unpaired) electrons. The molecule has 1 aliphatic heterocycles. The second-order valence-electron chi connectivity index (χ2n) is 5.45. The first-order valence-corrected chi connectivity index (χ1v) is 8.15. The molecule has 5 nitrogen and oxygen atoms in total. The molecule has 112 valence electrons. The zero-order chi connectivity index (χ0) is 14.7. The van der Waals surface area contributed by atoms with Crippen LogP contribution >= 0.6 is 11.3 Å². The van der Waals surface area contributed by atoms with E-state index in [1.54, 1.807) is 0 Å². The highest BCUT2D eigenvalue weighted by molar-refractivity contribution is 7.18. The lowest BCUT2D eigenvalue weighted by atomic mass is 10.1. The minimum atomic E-state index is 0.0482. The quantitative estimate of drug-likeness (QED) is 0.906. The van der Waals surface area contributed by atoms with Gasteiger partial charge in [0.05, 0.1) is 0 Å². The van der Waals surface area contributed by atoms with E-state index in [0.29, 0.717) is 16.6 Å². The van der Waals surface area contributed by atoms with Crippen LogP contribution < -0.4 is 10.6 Å². The van der Waals surface area contributed by atoms with Gasteiger partial charge in [-0.05, 0) is 18.8 Å². The van der Waals surface area contributed by atoms with Crippen molar-refractivity contribution in [1.82, 2.24) is 9.88 Å². The normalized spacial score (nSPS) is 18.6. The van der Waals surface area contributed by atoms with Crippen LogP contribution in [0.1, 0.15) is 42.8 Å². The van der Waals surface area contributed by atoms with E-state index in [1.165, 1.54) is 11.3 Å². The van der Waals surface area contributed by atoms with Crippen LogP contribution in [0.5, 0.6) is 0 Å². The first-order chi connectivity index (χ1) is 9.56. The molecule has 1 saturated heterocycles. The van der Waals surface area contributed by atoms with Gasteiger partial charge in [-0.25, -0.2) is 4.98 Å². The average molecular weight is 296 g/mol. The molecule has 0 spiro atoms. The summed E-state index contributed by atoms with van der Waals surface area (Å²) < 4.78 is 0. The van der Waals surface area contributed by atoms with Gasteiger partial charge in [-0.15, -0.1) is 0 Å². The van der Waals surface area contributed by atoms with Crippen molar-refractivity contribution in [2.45, 2.75) is 33.1 Å². The van der Waals surface area contributed by atoms with Gasteiger partial charge in [0.2, 0.25) is 0 Å². The Morgan fingerprint density at radius 2 is 2.30 bits per heavy atom. The number of rotatable bonds is 5. The molecule has 0 saturated carbocycles. The number of anilines is 2. The third-order valence-corrected chi connectivity index (χ3v) is 5.05. The van der Waals surface area contributed by atoms with E-state index in [4.69, 9.17) is 5.73 Å². The number of nitrogens with two attached hydrogens (primary N) is 1. The van der Waals surface area contributed by atoms with Crippen molar-refractivity contribution in [1.29, 1.82) is 0 Å². The SMILES string of the molecule is CCCN(C)c1nc(N)c(C(=O)N2CCC(CC)C2)s1. The summed E-state index contributed by atoms with van der Waals surface area (Å²) >= 11 is 1.41. The summed E-state index contributed by atoms with van der Waals surface area (Å²) in [6.07, 6.45) is 3.28. The maximum absolute atomic E-state index is 12.5. The highest BCUT2D eigenvalue weighted by atomic mass is 32.1. The molecule has 2 rings (SSSR count). The van der Waals surface area contributed by atoms with Crippen LogP contribution in [0.25, 0.3) is 0 Å². The van der Waals surface area contributed by atoms with Crippen LogP contribution in [0.4, 0.5) is 10.9 Å². The molecule has 1 atom stereocenters. The number of aromatic nitrogens is 1. The third-order valence-electron chi connectivity index (χ3n) is 3.87. The van der Waals surface area contributed by atoms with Gasteiger partial charge in [-0.3, -0.25) is 4.79 Å². The van der Waals surface area contributed by atoms with Gasteiger partial charge in [0, 0.05) is 26.7 Å².